The Labute approximate surface area is 173 Å². The third-order valence-corrected chi connectivity index (χ3v) is 6.81. The molecule has 3 heterocycles. The number of ether oxygens (including phenoxy) is 2. The van der Waals surface area contributed by atoms with Crippen molar-refractivity contribution >= 4 is 33.2 Å². The van der Waals surface area contributed by atoms with Crippen molar-refractivity contribution in [2.45, 2.75) is 32.7 Å². The molecule has 28 heavy (non-hydrogen) atoms. The second kappa shape index (κ2) is 7.59. The van der Waals surface area contributed by atoms with Gasteiger partial charge >= 0.3 is 0 Å². The lowest BCUT2D eigenvalue weighted by atomic mass is 10.2. The zero-order valence-electron chi connectivity index (χ0n) is 15.8. The number of aryl methyl sites for hydroxylation is 3. The van der Waals surface area contributed by atoms with Gasteiger partial charge in [-0.1, -0.05) is 11.6 Å². The molecule has 1 saturated heterocycles. The van der Waals surface area contributed by atoms with Crippen molar-refractivity contribution in [1.29, 1.82) is 0 Å². The first-order valence-corrected chi connectivity index (χ1v) is 10.9. The van der Waals surface area contributed by atoms with Gasteiger partial charge in [-0.25, -0.2) is 4.98 Å². The number of thiophene rings is 1. The summed E-state index contributed by atoms with van der Waals surface area (Å²) in [5, 5.41) is 1.81. The van der Waals surface area contributed by atoms with E-state index < -0.39 is 0 Å². The number of rotatable bonds is 4. The van der Waals surface area contributed by atoms with Crippen LogP contribution in [0.15, 0.2) is 18.2 Å². The average molecular weight is 416 g/mol. The van der Waals surface area contributed by atoms with Gasteiger partial charge in [0.2, 0.25) is 5.88 Å². The number of benzene rings is 1. The van der Waals surface area contributed by atoms with Crippen LogP contribution in [0.1, 0.15) is 28.2 Å². The lowest BCUT2D eigenvalue weighted by molar-refractivity contribution is 0.0330. The van der Waals surface area contributed by atoms with Gasteiger partial charge in [0.05, 0.1) is 25.1 Å². The van der Waals surface area contributed by atoms with E-state index in [4.69, 9.17) is 31.0 Å². The maximum absolute atomic E-state index is 6.34. The molecule has 0 amide bonds. The highest BCUT2D eigenvalue weighted by molar-refractivity contribution is 7.19. The molecule has 3 aromatic rings. The molecule has 7 heteroatoms. The standard InChI is InChI=1S/C21H22ClN3O2S/c1-13-11-14(22)5-6-16(13)27-20-19-15-3-2-4-17(15)28-21(19)24-18(23-20)12-25-7-9-26-10-8-25/h5-6,11H,2-4,7-10,12H2,1H3. The average Bonchev–Trinajstić information content (AvgIpc) is 3.25. The number of nitrogens with zero attached hydrogens (tertiary/aromatic N) is 3. The summed E-state index contributed by atoms with van der Waals surface area (Å²) in [4.78, 5) is 14.6. The topological polar surface area (TPSA) is 47.5 Å². The fourth-order valence-electron chi connectivity index (χ4n) is 3.94. The summed E-state index contributed by atoms with van der Waals surface area (Å²) in [6.45, 7) is 6.08. The van der Waals surface area contributed by atoms with Gasteiger partial charge in [-0.05, 0) is 55.5 Å². The van der Waals surface area contributed by atoms with Gasteiger partial charge < -0.3 is 9.47 Å². The molecule has 0 atom stereocenters. The normalized spacial score (nSPS) is 17.2. The largest absolute Gasteiger partial charge is 0.438 e. The first-order chi connectivity index (χ1) is 13.7. The van der Waals surface area contributed by atoms with E-state index in [1.54, 1.807) is 11.3 Å². The van der Waals surface area contributed by atoms with Crippen LogP contribution in [0, 0.1) is 6.92 Å². The maximum atomic E-state index is 6.34. The predicted molar refractivity (Wildman–Crippen MR) is 112 cm³/mol. The van der Waals surface area contributed by atoms with Gasteiger partial charge in [0.15, 0.2) is 0 Å². The summed E-state index contributed by atoms with van der Waals surface area (Å²) < 4.78 is 11.8. The van der Waals surface area contributed by atoms with Crippen LogP contribution in [0.3, 0.4) is 0 Å². The van der Waals surface area contributed by atoms with Crippen molar-refractivity contribution in [2.75, 3.05) is 26.3 Å². The van der Waals surface area contributed by atoms with Crippen LogP contribution >= 0.6 is 22.9 Å². The number of morpholine rings is 1. The molecular weight excluding hydrogens is 394 g/mol. The van der Waals surface area contributed by atoms with Crippen molar-refractivity contribution in [2.24, 2.45) is 0 Å². The minimum absolute atomic E-state index is 0.679. The molecule has 2 aliphatic rings. The lowest BCUT2D eigenvalue weighted by Crippen LogP contribution is -2.36. The van der Waals surface area contributed by atoms with Crippen molar-refractivity contribution in [1.82, 2.24) is 14.9 Å². The van der Waals surface area contributed by atoms with Crippen LogP contribution in [0.5, 0.6) is 11.6 Å². The quantitative estimate of drug-likeness (QED) is 0.614. The van der Waals surface area contributed by atoms with Crippen molar-refractivity contribution < 1.29 is 9.47 Å². The molecule has 0 spiro atoms. The SMILES string of the molecule is Cc1cc(Cl)ccc1Oc1nc(CN2CCOCC2)nc2sc3c(c12)CCC3. The molecule has 2 aromatic heterocycles. The fourth-order valence-corrected chi connectivity index (χ4v) is 5.44. The lowest BCUT2D eigenvalue weighted by Gasteiger charge is -2.25. The third kappa shape index (κ3) is 3.50. The highest BCUT2D eigenvalue weighted by atomic mass is 35.5. The second-order valence-corrected chi connectivity index (χ2v) is 8.90. The van der Waals surface area contributed by atoms with E-state index in [0.29, 0.717) is 10.9 Å². The zero-order chi connectivity index (χ0) is 19.1. The van der Waals surface area contributed by atoms with Crippen LogP contribution in [0.4, 0.5) is 0 Å². The van der Waals surface area contributed by atoms with Gasteiger partial charge in [0, 0.05) is 23.0 Å². The van der Waals surface area contributed by atoms with E-state index in [2.05, 4.69) is 4.90 Å². The Bertz CT molecular complexity index is 1030. The maximum Gasteiger partial charge on any atom is 0.231 e. The minimum atomic E-state index is 0.679. The van der Waals surface area contributed by atoms with Crippen molar-refractivity contribution in [3.05, 3.63) is 45.1 Å². The summed E-state index contributed by atoms with van der Waals surface area (Å²) in [7, 11) is 0. The molecule has 0 radical (unpaired) electrons. The summed E-state index contributed by atoms with van der Waals surface area (Å²) >= 11 is 7.91. The molecule has 1 aromatic carbocycles. The monoisotopic (exact) mass is 415 g/mol. The van der Waals surface area contributed by atoms with Gasteiger partial charge in [-0.2, -0.15) is 4.98 Å². The molecule has 146 valence electrons. The molecule has 1 aliphatic carbocycles. The van der Waals surface area contributed by atoms with E-state index in [0.717, 1.165) is 73.0 Å². The Morgan fingerprint density at radius 3 is 2.89 bits per heavy atom. The van der Waals surface area contributed by atoms with Crippen LogP contribution in [-0.4, -0.2) is 41.2 Å². The van der Waals surface area contributed by atoms with E-state index >= 15 is 0 Å². The number of halogens is 1. The Morgan fingerprint density at radius 2 is 2.07 bits per heavy atom. The molecule has 0 N–H and O–H groups in total. The first-order valence-electron chi connectivity index (χ1n) is 9.72. The molecule has 1 fully saturated rings. The summed E-state index contributed by atoms with van der Waals surface area (Å²) in [5.74, 6) is 2.29. The Kier molecular flexibility index (Phi) is 4.97. The van der Waals surface area contributed by atoms with E-state index in [1.165, 1.54) is 16.9 Å². The number of hydrogen-bond acceptors (Lipinski definition) is 6. The summed E-state index contributed by atoms with van der Waals surface area (Å²) in [6.07, 6.45) is 3.41. The third-order valence-electron chi connectivity index (χ3n) is 5.39. The molecular formula is C21H22ClN3O2S. The zero-order valence-corrected chi connectivity index (χ0v) is 17.4. The Morgan fingerprint density at radius 1 is 1.21 bits per heavy atom. The summed E-state index contributed by atoms with van der Waals surface area (Å²) in [6, 6.07) is 5.69. The number of hydrogen-bond donors (Lipinski definition) is 0. The van der Waals surface area contributed by atoms with Gasteiger partial charge in [0.1, 0.15) is 16.4 Å². The number of fused-ring (bicyclic) bond motifs is 3. The van der Waals surface area contributed by atoms with Crippen LogP contribution in [0.2, 0.25) is 5.02 Å². The Balaban J connectivity index is 1.56. The molecule has 5 nitrogen and oxygen atoms in total. The van der Waals surface area contributed by atoms with Crippen molar-refractivity contribution in [3.63, 3.8) is 0 Å². The van der Waals surface area contributed by atoms with Gasteiger partial charge in [-0.15, -0.1) is 11.3 Å². The van der Waals surface area contributed by atoms with Crippen LogP contribution in [0.25, 0.3) is 10.2 Å². The highest BCUT2D eigenvalue weighted by Crippen LogP contribution is 2.42. The second-order valence-electron chi connectivity index (χ2n) is 7.38. The van der Waals surface area contributed by atoms with Crippen LogP contribution < -0.4 is 4.74 Å². The fraction of sp³-hybridized carbons (Fsp3) is 0.429. The molecule has 0 bridgehead atoms. The molecule has 5 rings (SSSR count). The van der Waals surface area contributed by atoms with E-state index in [9.17, 15) is 0 Å². The van der Waals surface area contributed by atoms with Crippen LogP contribution in [-0.2, 0) is 24.1 Å². The number of aromatic nitrogens is 2. The smallest absolute Gasteiger partial charge is 0.231 e. The highest BCUT2D eigenvalue weighted by Gasteiger charge is 2.24. The van der Waals surface area contributed by atoms with Gasteiger partial charge in [0.25, 0.3) is 0 Å². The Hall–Kier alpha value is -1.73. The first kappa shape index (κ1) is 18.3. The summed E-state index contributed by atoms with van der Waals surface area (Å²) in [5.41, 5.74) is 2.38. The van der Waals surface area contributed by atoms with Crippen molar-refractivity contribution in [3.8, 4) is 11.6 Å². The van der Waals surface area contributed by atoms with Gasteiger partial charge in [-0.3, -0.25) is 4.90 Å². The predicted octanol–water partition coefficient (Wildman–Crippen LogP) is 4.77. The van der Waals surface area contributed by atoms with E-state index in [1.807, 2.05) is 25.1 Å². The van der Waals surface area contributed by atoms with E-state index in [-0.39, 0.29) is 0 Å². The molecule has 0 saturated carbocycles. The minimum Gasteiger partial charge on any atom is -0.438 e. The molecule has 1 aliphatic heterocycles. The molecule has 0 unspecified atom stereocenters.